The minimum atomic E-state index is -0.168. The summed E-state index contributed by atoms with van der Waals surface area (Å²) < 4.78 is 13.1. The first-order chi connectivity index (χ1) is 9.28. The molecule has 0 atom stereocenters. The van der Waals surface area contributed by atoms with Gasteiger partial charge >= 0.3 is 0 Å². The van der Waals surface area contributed by atoms with Crippen LogP contribution in [-0.4, -0.2) is 6.54 Å². The molecule has 0 fully saturated rings. The van der Waals surface area contributed by atoms with E-state index in [4.69, 9.17) is 0 Å². The molecule has 2 aromatic rings. The van der Waals surface area contributed by atoms with Gasteiger partial charge in [-0.3, -0.25) is 0 Å². The van der Waals surface area contributed by atoms with Crippen LogP contribution in [0.4, 0.5) is 4.39 Å². The summed E-state index contributed by atoms with van der Waals surface area (Å²) in [7, 11) is 0. The summed E-state index contributed by atoms with van der Waals surface area (Å²) in [4.78, 5) is 1.22. The van der Waals surface area contributed by atoms with Crippen molar-refractivity contribution in [1.82, 2.24) is 5.32 Å². The molecule has 0 aliphatic rings. The molecule has 0 amide bonds. The van der Waals surface area contributed by atoms with Gasteiger partial charge < -0.3 is 5.32 Å². The zero-order valence-electron chi connectivity index (χ0n) is 11.0. The van der Waals surface area contributed by atoms with Crippen LogP contribution < -0.4 is 5.32 Å². The Hall–Kier alpha value is -1.32. The van der Waals surface area contributed by atoms with E-state index in [9.17, 15) is 4.39 Å². The minimum absolute atomic E-state index is 0.168. The van der Waals surface area contributed by atoms with E-state index in [0.29, 0.717) is 0 Å². The van der Waals surface area contributed by atoms with E-state index < -0.39 is 0 Å². The standard InChI is InChI=1S/C16H18FNS/c1-2-18-11-13-5-4-8-16(10-13)19-12-14-6-3-7-15(17)9-14/h3-10,18H,2,11-12H2,1H3. The number of hydrogen-bond donors (Lipinski definition) is 1. The van der Waals surface area contributed by atoms with E-state index in [2.05, 4.69) is 36.5 Å². The Kier molecular flexibility index (Phi) is 5.43. The molecule has 0 bridgehead atoms. The van der Waals surface area contributed by atoms with Crippen molar-refractivity contribution < 1.29 is 4.39 Å². The summed E-state index contributed by atoms with van der Waals surface area (Å²) in [5.74, 6) is 0.626. The highest BCUT2D eigenvalue weighted by Gasteiger charge is 1.99. The molecule has 2 rings (SSSR count). The van der Waals surface area contributed by atoms with Crippen molar-refractivity contribution >= 4 is 11.8 Å². The predicted octanol–water partition coefficient (Wildman–Crippen LogP) is 4.23. The van der Waals surface area contributed by atoms with Crippen LogP contribution in [-0.2, 0) is 12.3 Å². The van der Waals surface area contributed by atoms with Gasteiger partial charge in [0.25, 0.3) is 0 Å². The third-order valence-corrected chi connectivity index (χ3v) is 3.84. The van der Waals surface area contributed by atoms with Crippen molar-refractivity contribution in [2.75, 3.05) is 6.54 Å². The van der Waals surface area contributed by atoms with Gasteiger partial charge in [0.05, 0.1) is 0 Å². The Morgan fingerprint density at radius 2 is 1.84 bits per heavy atom. The van der Waals surface area contributed by atoms with E-state index in [1.165, 1.54) is 16.5 Å². The lowest BCUT2D eigenvalue weighted by molar-refractivity contribution is 0.626. The molecule has 2 aromatic carbocycles. The second-order valence-electron chi connectivity index (χ2n) is 4.35. The van der Waals surface area contributed by atoms with Gasteiger partial charge in [0, 0.05) is 17.2 Å². The van der Waals surface area contributed by atoms with Crippen LogP contribution in [0.25, 0.3) is 0 Å². The Bertz CT molecular complexity index is 528. The van der Waals surface area contributed by atoms with Gasteiger partial charge in [0.2, 0.25) is 0 Å². The van der Waals surface area contributed by atoms with Crippen LogP contribution >= 0.6 is 11.8 Å². The maximum Gasteiger partial charge on any atom is 0.123 e. The van der Waals surface area contributed by atoms with Crippen molar-refractivity contribution in [3.8, 4) is 0 Å². The average molecular weight is 275 g/mol. The zero-order valence-corrected chi connectivity index (χ0v) is 11.8. The van der Waals surface area contributed by atoms with Gasteiger partial charge in [0.15, 0.2) is 0 Å². The molecule has 0 spiro atoms. The van der Waals surface area contributed by atoms with E-state index in [1.54, 1.807) is 23.9 Å². The van der Waals surface area contributed by atoms with E-state index in [1.807, 2.05) is 6.07 Å². The molecule has 19 heavy (non-hydrogen) atoms. The molecule has 1 N–H and O–H groups in total. The zero-order chi connectivity index (χ0) is 13.5. The highest BCUT2D eigenvalue weighted by atomic mass is 32.2. The molecule has 0 aliphatic carbocycles. The molecule has 0 aromatic heterocycles. The summed E-state index contributed by atoms with van der Waals surface area (Å²) in [6, 6.07) is 15.3. The normalized spacial score (nSPS) is 10.6. The molecule has 3 heteroatoms. The second kappa shape index (κ2) is 7.31. The number of rotatable bonds is 6. The summed E-state index contributed by atoms with van der Waals surface area (Å²) in [5.41, 5.74) is 2.30. The summed E-state index contributed by atoms with van der Waals surface area (Å²) in [6.45, 7) is 3.97. The van der Waals surface area contributed by atoms with Crippen molar-refractivity contribution in [3.05, 3.63) is 65.5 Å². The maximum atomic E-state index is 13.1. The van der Waals surface area contributed by atoms with Crippen molar-refractivity contribution in [1.29, 1.82) is 0 Å². The van der Waals surface area contributed by atoms with Crippen LogP contribution in [0.2, 0.25) is 0 Å². The Balaban J connectivity index is 1.95. The Labute approximate surface area is 118 Å². The molecular weight excluding hydrogens is 257 g/mol. The average Bonchev–Trinajstić information content (AvgIpc) is 2.43. The number of thioether (sulfide) groups is 1. The largest absolute Gasteiger partial charge is 0.313 e. The van der Waals surface area contributed by atoms with Gasteiger partial charge in [0.1, 0.15) is 5.82 Å². The van der Waals surface area contributed by atoms with E-state index >= 15 is 0 Å². The molecule has 1 nitrogen and oxygen atoms in total. The highest BCUT2D eigenvalue weighted by Crippen LogP contribution is 2.23. The second-order valence-corrected chi connectivity index (χ2v) is 5.40. The smallest absolute Gasteiger partial charge is 0.123 e. The lowest BCUT2D eigenvalue weighted by Gasteiger charge is -2.06. The quantitative estimate of drug-likeness (QED) is 0.792. The molecule has 0 saturated carbocycles. The van der Waals surface area contributed by atoms with Gasteiger partial charge in [-0.1, -0.05) is 31.2 Å². The van der Waals surface area contributed by atoms with Crippen molar-refractivity contribution in [3.63, 3.8) is 0 Å². The van der Waals surface area contributed by atoms with Gasteiger partial charge in [-0.25, -0.2) is 4.39 Å². The first kappa shape index (κ1) is 14.1. The Morgan fingerprint density at radius 1 is 1.05 bits per heavy atom. The van der Waals surface area contributed by atoms with E-state index in [-0.39, 0.29) is 5.82 Å². The van der Waals surface area contributed by atoms with Gasteiger partial charge in [-0.15, -0.1) is 11.8 Å². The van der Waals surface area contributed by atoms with Crippen LogP contribution in [0.1, 0.15) is 18.1 Å². The highest BCUT2D eigenvalue weighted by molar-refractivity contribution is 7.98. The fourth-order valence-electron chi connectivity index (χ4n) is 1.81. The Morgan fingerprint density at radius 3 is 2.63 bits per heavy atom. The SMILES string of the molecule is CCNCc1cccc(SCc2cccc(F)c2)c1. The van der Waals surface area contributed by atoms with Crippen LogP contribution in [0, 0.1) is 5.82 Å². The fourth-order valence-corrected chi connectivity index (χ4v) is 2.73. The van der Waals surface area contributed by atoms with Crippen LogP contribution in [0.15, 0.2) is 53.4 Å². The molecule has 0 radical (unpaired) electrons. The molecule has 0 unspecified atom stereocenters. The molecular formula is C16H18FNS. The summed E-state index contributed by atoms with van der Waals surface area (Å²) >= 11 is 1.74. The first-order valence-corrected chi connectivity index (χ1v) is 7.43. The molecule has 100 valence electrons. The third kappa shape index (κ3) is 4.69. The monoisotopic (exact) mass is 275 g/mol. The van der Waals surface area contributed by atoms with Crippen molar-refractivity contribution in [2.45, 2.75) is 24.1 Å². The number of benzene rings is 2. The number of halogens is 1. The number of nitrogens with one attached hydrogen (secondary N) is 1. The van der Waals surface area contributed by atoms with Crippen LogP contribution in [0.3, 0.4) is 0 Å². The summed E-state index contributed by atoms with van der Waals surface area (Å²) in [5, 5.41) is 3.31. The van der Waals surface area contributed by atoms with Crippen molar-refractivity contribution in [2.24, 2.45) is 0 Å². The van der Waals surface area contributed by atoms with E-state index in [0.717, 1.165) is 24.4 Å². The first-order valence-electron chi connectivity index (χ1n) is 6.45. The topological polar surface area (TPSA) is 12.0 Å². The van der Waals surface area contributed by atoms with Gasteiger partial charge in [-0.05, 0) is 41.9 Å². The van der Waals surface area contributed by atoms with Gasteiger partial charge in [-0.2, -0.15) is 0 Å². The summed E-state index contributed by atoms with van der Waals surface area (Å²) in [6.07, 6.45) is 0. The maximum absolute atomic E-state index is 13.1. The molecule has 0 aliphatic heterocycles. The third-order valence-electron chi connectivity index (χ3n) is 2.77. The fraction of sp³-hybridized carbons (Fsp3) is 0.250. The lowest BCUT2D eigenvalue weighted by Crippen LogP contribution is -2.11. The molecule has 0 heterocycles. The lowest BCUT2D eigenvalue weighted by atomic mass is 10.2. The number of hydrogen-bond acceptors (Lipinski definition) is 2. The molecule has 0 saturated heterocycles. The predicted molar refractivity (Wildman–Crippen MR) is 79.8 cm³/mol. The van der Waals surface area contributed by atoms with Crippen LogP contribution in [0.5, 0.6) is 0 Å². The minimum Gasteiger partial charge on any atom is -0.313 e.